The lowest BCUT2D eigenvalue weighted by molar-refractivity contribution is -0.283. The lowest BCUT2D eigenvalue weighted by atomic mass is 9.96. The molecule has 0 bridgehead atoms. The molecule has 2 aliphatic rings. The molecule has 1 saturated heterocycles. The summed E-state index contributed by atoms with van der Waals surface area (Å²) in [5, 5.41) is 9.23. The van der Waals surface area contributed by atoms with Crippen molar-refractivity contribution in [2.24, 2.45) is 11.8 Å². The normalized spacial score (nSPS) is 16.9. The van der Waals surface area contributed by atoms with Crippen molar-refractivity contribution < 1.29 is 45.7 Å². The second kappa shape index (κ2) is 8.84. The van der Waals surface area contributed by atoms with E-state index in [1.165, 1.54) is 0 Å². The molecular formula is C21H19F6N3O4. The first-order chi connectivity index (χ1) is 15.9. The van der Waals surface area contributed by atoms with E-state index in [-0.39, 0.29) is 44.2 Å². The van der Waals surface area contributed by atoms with E-state index in [1.807, 2.05) is 0 Å². The molecule has 184 valence electrons. The Labute approximate surface area is 189 Å². The van der Waals surface area contributed by atoms with Gasteiger partial charge in [0.05, 0.1) is 11.6 Å². The molecule has 0 atom stereocenters. The SMILES string of the molecule is O=C(O)C1CCN(c2nc(CC(C(F)(F)F)C(F)(F)F)cnc2-c2ccc3c(c2)OCO3)CC1. The standard InChI is InChI=1S/C21H19F6N3O4/c22-20(23,24)16(21(25,26)27)8-13-9-28-17(12-1-2-14-15(7-12)34-10-33-14)18(29-13)30-5-3-11(4-6-30)19(31)32/h1-2,7,9,11,16H,3-6,8,10H2,(H,31,32). The third-order valence-electron chi connectivity index (χ3n) is 5.80. The molecule has 3 heterocycles. The minimum Gasteiger partial charge on any atom is -0.481 e. The van der Waals surface area contributed by atoms with Crippen LogP contribution < -0.4 is 14.4 Å². The summed E-state index contributed by atoms with van der Waals surface area (Å²) in [5.74, 6) is -4.17. The molecule has 2 aliphatic heterocycles. The molecule has 13 heteroatoms. The van der Waals surface area contributed by atoms with Gasteiger partial charge >= 0.3 is 18.3 Å². The van der Waals surface area contributed by atoms with Crippen molar-refractivity contribution in [3.63, 3.8) is 0 Å². The number of carbonyl (C=O) groups is 1. The minimum atomic E-state index is -5.50. The monoisotopic (exact) mass is 491 g/mol. The van der Waals surface area contributed by atoms with E-state index < -0.39 is 42.3 Å². The van der Waals surface area contributed by atoms with E-state index in [1.54, 1.807) is 23.1 Å². The first kappa shape index (κ1) is 23.9. The Morgan fingerprint density at radius 1 is 1.09 bits per heavy atom. The number of aliphatic carboxylic acids is 1. The van der Waals surface area contributed by atoms with Crippen LogP contribution in [-0.4, -0.2) is 53.3 Å². The fourth-order valence-corrected chi connectivity index (χ4v) is 3.95. The summed E-state index contributed by atoms with van der Waals surface area (Å²) in [5.41, 5.74) is 0.229. The lowest BCUT2D eigenvalue weighted by Crippen LogP contribution is -2.39. The lowest BCUT2D eigenvalue weighted by Gasteiger charge is -2.32. The van der Waals surface area contributed by atoms with Crippen molar-refractivity contribution in [3.8, 4) is 22.8 Å². The van der Waals surface area contributed by atoms with Crippen LogP contribution in [0.5, 0.6) is 11.5 Å². The van der Waals surface area contributed by atoms with Gasteiger partial charge in [-0.05, 0) is 31.0 Å². The van der Waals surface area contributed by atoms with Gasteiger partial charge in [-0.2, -0.15) is 26.3 Å². The third kappa shape index (κ3) is 4.97. The molecular weight excluding hydrogens is 472 g/mol. The first-order valence-corrected chi connectivity index (χ1v) is 10.3. The minimum absolute atomic E-state index is 0.00916. The Kier molecular flexibility index (Phi) is 6.21. The highest BCUT2D eigenvalue weighted by atomic mass is 19.4. The Balaban J connectivity index is 1.71. The largest absolute Gasteiger partial charge is 0.481 e. The maximum atomic E-state index is 13.1. The number of carboxylic acids is 1. The summed E-state index contributed by atoms with van der Waals surface area (Å²) in [6.07, 6.45) is -11.0. The van der Waals surface area contributed by atoms with Crippen LogP contribution in [0.3, 0.4) is 0 Å². The molecule has 34 heavy (non-hydrogen) atoms. The number of rotatable bonds is 5. The third-order valence-corrected chi connectivity index (χ3v) is 5.80. The van der Waals surface area contributed by atoms with Crippen LogP contribution in [0.1, 0.15) is 18.5 Å². The number of hydrogen-bond acceptors (Lipinski definition) is 6. The van der Waals surface area contributed by atoms with Crippen LogP contribution in [0.15, 0.2) is 24.4 Å². The van der Waals surface area contributed by atoms with Crippen LogP contribution >= 0.6 is 0 Å². The molecule has 4 rings (SSSR count). The number of halogens is 6. The van der Waals surface area contributed by atoms with Crippen LogP contribution in [0.2, 0.25) is 0 Å². The van der Waals surface area contributed by atoms with Crippen LogP contribution in [0.25, 0.3) is 11.3 Å². The number of nitrogens with zero attached hydrogens (tertiary/aromatic N) is 3. The smallest absolute Gasteiger partial charge is 0.400 e. The first-order valence-electron chi connectivity index (χ1n) is 10.3. The average molecular weight is 491 g/mol. The summed E-state index contributed by atoms with van der Waals surface area (Å²) in [4.78, 5) is 21.2. The van der Waals surface area contributed by atoms with Gasteiger partial charge in [-0.1, -0.05) is 0 Å². The fourth-order valence-electron chi connectivity index (χ4n) is 3.95. The zero-order chi connectivity index (χ0) is 24.7. The number of anilines is 1. The Morgan fingerprint density at radius 3 is 2.35 bits per heavy atom. The van der Waals surface area contributed by atoms with Crippen molar-refractivity contribution in [1.82, 2.24) is 9.97 Å². The molecule has 0 saturated carbocycles. The van der Waals surface area contributed by atoms with Gasteiger partial charge in [0.15, 0.2) is 23.2 Å². The van der Waals surface area contributed by atoms with Crippen LogP contribution in [0, 0.1) is 11.8 Å². The highest BCUT2D eigenvalue weighted by Gasteiger charge is 2.56. The van der Waals surface area contributed by atoms with E-state index in [9.17, 15) is 36.2 Å². The molecule has 7 nitrogen and oxygen atoms in total. The molecule has 1 N–H and O–H groups in total. The van der Waals surface area contributed by atoms with Crippen molar-refractivity contribution in [2.75, 3.05) is 24.8 Å². The quantitative estimate of drug-likeness (QED) is 0.619. The van der Waals surface area contributed by atoms with Gasteiger partial charge in [-0.25, -0.2) is 4.98 Å². The molecule has 0 radical (unpaired) electrons. The summed E-state index contributed by atoms with van der Waals surface area (Å²) in [6, 6.07) is 4.82. The van der Waals surface area contributed by atoms with Crippen molar-refractivity contribution in [2.45, 2.75) is 31.6 Å². The number of alkyl halides is 6. The molecule has 0 aliphatic carbocycles. The Hall–Kier alpha value is -3.25. The van der Waals surface area contributed by atoms with Gasteiger partial charge in [0.2, 0.25) is 6.79 Å². The number of fused-ring (bicyclic) bond motifs is 1. The summed E-state index contributed by atoms with van der Waals surface area (Å²) in [7, 11) is 0. The number of carboxylic acid groups (broad SMARTS) is 1. The number of piperidine rings is 1. The zero-order valence-electron chi connectivity index (χ0n) is 17.5. The van der Waals surface area contributed by atoms with Gasteiger partial charge in [0.25, 0.3) is 0 Å². The predicted octanol–water partition coefficient (Wildman–Crippen LogP) is 4.46. The Bertz CT molecular complexity index is 1050. The summed E-state index contributed by atoms with van der Waals surface area (Å²) in [6.45, 7) is 0.415. The number of hydrogen-bond donors (Lipinski definition) is 1. The average Bonchev–Trinajstić information content (AvgIpc) is 3.24. The zero-order valence-corrected chi connectivity index (χ0v) is 17.5. The van der Waals surface area contributed by atoms with E-state index in [2.05, 4.69) is 9.97 Å². The van der Waals surface area contributed by atoms with Gasteiger partial charge in [0.1, 0.15) is 5.69 Å². The van der Waals surface area contributed by atoms with Gasteiger partial charge in [0, 0.05) is 31.3 Å². The second-order valence-corrected chi connectivity index (χ2v) is 8.04. The second-order valence-electron chi connectivity index (χ2n) is 8.04. The van der Waals surface area contributed by atoms with Crippen molar-refractivity contribution >= 4 is 11.8 Å². The van der Waals surface area contributed by atoms with Gasteiger partial charge < -0.3 is 19.5 Å². The molecule has 0 amide bonds. The summed E-state index contributed by atoms with van der Waals surface area (Å²) < 4.78 is 89.1. The van der Waals surface area contributed by atoms with E-state index in [0.29, 0.717) is 17.1 Å². The van der Waals surface area contributed by atoms with E-state index >= 15 is 0 Å². The molecule has 1 aromatic heterocycles. The number of ether oxygens (including phenoxy) is 2. The highest BCUT2D eigenvalue weighted by Crippen LogP contribution is 2.42. The maximum absolute atomic E-state index is 13.1. The maximum Gasteiger partial charge on any atom is 0.400 e. The highest BCUT2D eigenvalue weighted by molar-refractivity contribution is 5.75. The fraction of sp³-hybridized carbons (Fsp3) is 0.476. The van der Waals surface area contributed by atoms with Crippen LogP contribution in [0.4, 0.5) is 32.2 Å². The topological polar surface area (TPSA) is 84.8 Å². The predicted molar refractivity (Wildman–Crippen MR) is 105 cm³/mol. The van der Waals surface area contributed by atoms with E-state index in [4.69, 9.17) is 9.47 Å². The van der Waals surface area contributed by atoms with Gasteiger partial charge in [-0.3, -0.25) is 9.78 Å². The number of aromatic nitrogens is 2. The van der Waals surface area contributed by atoms with Gasteiger partial charge in [-0.15, -0.1) is 0 Å². The molecule has 1 fully saturated rings. The Morgan fingerprint density at radius 2 is 1.74 bits per heavy atom. The van der Waals surface area contributed by atoms with Crippen molar-refractivity contribution in [3.05, 3.63) is 30.1 Å². The molecule has 1 aromatic carbocycles. The summed E-state index contributed by atoms with van der Waals surface area (Å²) >= 11 is 0. The van der Waals surface area contributed by atoms with E-state index in [0.717, 1.165) is 6.20 Å². The number of benzene rings is 1. The molecule has 0 spiro atoms. The van der Waals surface area contributed by atoms with Crippen LogP contribution in [-0.2, 0) is 11.2 Å². The molecule has 0 unspecified atom stereocenters. The van der Waals surface area contributed by atoms with Crippen molar-refractivity contribution in [1.29, 1.82) is 0 Å². The molecule has 2 aromatic rings.